The number of rotatable bonds is 6. The van der Waals surface area contributed by atoms with Gasteiger partial charge in [-0.3, -0.25) is 9.69 Å². The van der Waals surface area contributed by atoms with E-state index >= 15 is 0 Å². The lowest BCUT2D eigenvalue weighted by Gasteiger charge is -2.31. The molecule has 1 amide bonds. The maximum absolute atomic E-state index is 14.3. The SMILES string of the molecule is O=C(Nc1cc(F)c(Br)nc1C1CCN(CC=Cc2ccc(Cl)cc2)CC1)c1ccnc(Cl)c1. The van der Waals surface area contributed by atoms with Crippen molar-refractivity contribution in [1.82, 2.24) is 14.9 Å². The van der Waals surface area contributed by atoms with Crippen molar-refractivity contribution in [3.8, 4) is 0 Å². The van der Waals surface area contributed by atoms with Crippen LogP contribution in [-0.4, -0.2) is 40.4 Å². The molecule has 3 aromatic rings. The van der Waals surface area contributed by atoms with Gasteiger partial charge in [-0.1, -0.05) is 47.5 Å². The smallest absolute Gasteiger partial charge is 0.255 e. The van der Waals surface area contributed by atoms with Crippen LogP contribution in [0.2, 0.25) is 10.2 Å². The summed E-state index contributed by atoms with van der Waals surface area (Å²) in [6, 6.07) is 12.1. The van der Waals surface area contributed by atoms with Crippen LogP contribution in [0.25, 0.3) is 6.08 Å². The van der Waals surface area contributed by atoms with Gasteiger partial charge in [0.25, 0.3) is 5.91 Å². The molecule has 0 bridgehead atoms. The average Bonchev–Trinajstić information content (AvgIpc) is 2.83. The Labute approximate surface area is 216 Å². The first-order valence-corrected chi connectivity index (χ1v) is 12.4. The number of hydrogen-bond donors (Lipinski definition) is 1. The molecule has 176 valence electrons. The van der Waals surface area contributed by atoms with Gasteiger partial charge in [0.15, 0.2) is 5.82 Å². The highest BCUT2D eigenvalue weighted by Crippen LogP contribution is 2.34. The minimum atomic E-state index is -0.531. The highest BCUT2D eigenvalue weighted by Gasteiger charge is 2.25. The second-order valence-corrected chi connectivity index (χ2v) is 9.62. The molecule has 1 saturated heterocycles. The normalized spacial score (nSPS) is 15.1. The van der Waals surface area contributed by atoms with E-state index in [-0.39, 0.29) is 21.6 Å². The minimum absolute atomic E-state index is 0.102. The number of nitrogens with zero attached hydrogens (tertiary/aromatic N) is 3. The zero-order valence-corrected chi connectivity index (χ0v) is 21.2. The molecule has 1 aliphatic rings. The molecule has 1 aromatic carbocycles. The van der Waals surface area contributed by atoms with Gasteiger partial charge >= 0.3 is 0 Å². The van der Waals surface area contributed by atoms with Gasteiger partial charge in [0, 0.05) is 35.3 Å². The van der Waals surface area contributed by atoms with Gasteiger partial charge < -0.3 is 5.32 Å². The lowest BCUT2D eigenvalue weighted by Crippen LogP contribution is -2.33. The van der Waals surface area contributed by atoms with Crippen LogP contribution >= 0.6 is 39.1 Å². The number of benzene rings is 1. The summed E-state index contributed by atoms with van der Waals surface area (Å²) in [6.07, 6.45) is 7.38. The Hall–Kier alpha value is -2.32. The van der Waals surface area contributed by atoms with Crippen molar-refractivity contribution in [2.75, 3.05) is 25.0 Å². The number of aromatic nitrogens is 2. The molecule has 0 spiro atoms. The summed E-state index contributed by atoms with van der Waals surface area (Å²) in [5.74, 6) is -0.819. The van der Waals surface area contributed by atoms with Crippen LogP contribution in [0.5, 0.6) is 0 Å². The summed E-state index contributed by atoms with van der Waals surface area (Å²) in [5, 5.41) is 3.74. The molecule has 3 heterocycles. The van der Waals surface area contributed by atoms with E-state index in [9.17, 15) is 9.18 Å². The van der Waals surface area contributed by atoms with Crippen LogP contribution < -0.4 is 5.32 Å². The topological polar surface area (TPSA) is 58.1 Å². The number of likely N-dealkylation sites (tertiary alicyclic amines) is 1. The molecular weight excluding hydrogens is 542 g/mol. The fourth-order valence-corrected chi connectivity index (χ4v) is 4.54. The van der Waals surface area contributed by atoms with Gasteiger partial charge in [0.05, 0.1) is 11.4 Å². The van der Waals surface area contributed by atoms with Crippen molar-refractivity contribution < 1.29 is 9.18 Å². The number of carbonyl (C=O) groups is 1. The monoisotopic (exact) mass is 562 g/mol. The van der Waals surface area contributed by atoms with E-state index in [1.165, 1.54) is 18.3 Å². The highest BCUT2D eigenvalue weighted by molar-refractivity contribution is 9.10. The van der Waals surface area contributed by atoms with Gasteiger partial charge in [-0.25, -0.2) is 14.4 Å². The lowest BCUT2D eigenvalue weighted by molar-refractivity contribution is 0.102. The van der Waals surface area contributed by atoms with Crippen molar-refractivity contribution in [3.63, 3.8) is 0 Å². The lowest BCUT2D eigenvalue weighted by atomic mass is 9.92. The summed E-state index contributed by atoms with van der Waals surface area (Å²) < 4.78 is 14.4. The van der Waals surface area contributed by atoms with Crippen molar-refractivity contribution in [2.45, 2.75) is 18.8 Å². The fraction of sp³-hybridized carbons (Fsp3) is 0.240. The summed E-state index contributed by atoms with van der Waals surface area (Å²) in [4.78, 5) is 23.4. The second kappa shape index (κ2) is 11.4. The van der Waals surface area contributed by atoms with Crippen LogP contribution in [-0.2, 0) is 0 Å². The predicted octanol–water partition coefficient (Wildman–Crippen LogP) is 6.83. The first-order valence-electron chi connectivity index (χ1n) is 10.8. The molecule has 4 rings (SSSR count). The van der Waals surface area contributed by atoms with Crippen LogP contribution in [0, 0.1) is 5.82 Å². The molecule has 0 radical (unpaired) electrons. The quantitative estimate of drug-likeness (QED) is 0.334. The van der Waals surface area contributed by atoms with E-state index < -0.39 is 5.82 Å². The standard InChI is InChI=1S/C25H22BrCl2FN4O/c26-24-20(29)15-21(31-25(34)18-7-10-30-22(28)14-18)23(32-24)17-8-12-33(13-9-17)11-1-2-16-3-5-19(27)6-4-16/h1-7,10,14-15,17H,8-9,11-13H2,(H,31,34). The third-order valence-corrected chi connectivity index (χ3v) is 6.73. The largest absolute Gasteiger partial charge is 0.320 e. The molecule has 1 N–H and O–H groups in total. The van der Waals surface area contributed by atoms with Gasteiger partial charge in [0.2, 0.25) is 0 Å². The summed E-state index contributed by atoms with van der Waals surface area (Å²) in [5.41, 5.74) is 2.50. The number of carbonyl (C=O) groups excluding carboxylic acids is 1. The molecule has 1 fully saturated rings. The van der Waals surface area contributed by atoms with Gasteiger partial charge in [-0.05, 0) is 71.7 Å². The molecule has 0 saturated carbocycles. The Morgan fingerprint density at radius 3 is 2.62 bits per heavy atom. The number of pyridine rings is 2. The Bertz CT molecular complexity index is 1200. The molecule has 0 unspecified atom stereocenters. The molecule has 0 atom stereocenters. The van der Waals surface area contributed by atoms with E-state index in [4.69, 9.17) is 23.2 Å². The first kappa shape index (κ1) is 24.8. The third-order valence-electron chi connectivity index (χ3n) is 5.72. The van der Waals surface area contributed by atoms with Gasteiger partial charge in [-0.15, -0.1) is 0 Å². The van der Waals surface area contributed by atoms with Crippen molar-refractivity contribution in [1.29, 1.82) is 0 Å². The van der Waals surface area contributed by atoms with Crippen LogP contribution in [0.15, 0.2) is 59.3 Å². The van der Waals surface area contributed by atoms with Crippen molar-refractivity contribution in [3.05, 3.63) is 92.2 Å². The van der Waals surface area contributed by atoms with Crippen LogP contribution in [0.3, 0.4) is 0 Å². The first-order chi connectivity index (χ1) is 16.4. The number of halogens is 4. The van der Waals surface area contributed by atoms with Gasteiger partial charge in [-0.2, -0.15) is 0 Å². The predicted molar refractivity (Wildman–Crippen MR) is 138 cm³/mol. The van der Waals surface area contributed by atoms with Crippen molar-refractivity contribution in [2.24, 2.45) is 0 Å². The average molecular weight is 564 g/mol. The zero-order chi connectivity index (χ0) is 24.1. The molecule has 1 aliphatic heterocycles. The Kier molecular flexibility index (Phi) is 8.32. The highest BCUT2D eigenvalue weighted by atomic mass is 79.9. The number of amides is 1. The summed E-state index contributed by atoms with van der Waals surface area (Å²) in [7, 11) is 0. The third kappa shape index (κ3) is 6.42. The van der Waals surface area contributed by atoms with E-state index in [2.05, 4.69) is 48.3 Å². The molecule has 9 heteroatoms. The Balaban J connectivity index is 1.41. The zero-order valence-electron chi connectivity index (χ0n) is 18.1. The van der Waals surface area contributed by atoms with Crippen molar-refractivity contribution >= 4 is 56.8 Å². The molecule has 5 nitrogen and oxygen atoms in total. The van der Waals surface area contributed by atoms with E-state index in [0.29, 0.717) is 16.9 Å². The Morgan fingerprint density at radius 1 is 1.18 bits per heavy atom. The number of hydrogen-bond acceptors (Lipinski definition) is 4. The van der Waals surface area contributed by atoms with E-state index in [0.717, 1.165) is 43.1 Å². The maximum Gasteiger partial charge on any atom is 0.255 e. The molecule has 34 heavy (non-hydrogen) atoms. The number of anilines is 1. The maximum atomic E-state index is 14.3. The fourth-order valence-electron chi connectivity index (χ4n) is 3.93. The van der Waals surface area contributed by atoms with Gasteiger partial charge in [0.1, 0.15) is 9.76 Å². The summed E-state index contributed by atoms with van der Waals surface area (Å²) in [6.45, 7) is 2.58. The minimum Gasteiger partial charge on any atom is -0.320 e. The number of piperidine rings is 1. The van der Waals surface area contributed by atoms with Crippen LogP contribution in [0.1, 0.15) is 40.4 Å². The van der Waals surface area contributed by atoms with E-state index in [1.54, 1.807) is 6.07 Å². The summed E-state index contributed by atoms with van der Waals surface area (Å²) >= 11 is 15.0. The molecule has 0 aliphatic carbocycles. The molecular formula is C25H22BrCl2FN4O. The van der Waals surface area contributed by atoms with E-state index in [1.807, 2.05) is 24.3 Å². The second-order valence-electron chi connectivity index (χ2n) is 8.04. The number of nitrogens with one attached hydrogen (secondary N) is 1. The Morgan fingerprint density at radius 2 is 1.91 bits per heavy atom. The van der Waals surface area contributed by atoms with Crippen LogP contribution in [0.4, 0.5) is 10.1 Å². The molecule has 2 aromatic heterocycles.